The molecule has 3 heterocycles. The average molecular weight is 326 g/mol. The molecule has 0 aliphatic heterocycles. The molecule has 23 heavy (non-hydrogen) atoms. The van der Waals surface area contributed by atoms with Crippen LogP contribution in [-0.4, -0.2) is 20.7 Å². The second kappa shape index (κ2) is 6.34. The Morgan fingerprint density at radius 1 is 1.35 bits per heavy atom. The summed E-state index contributed by atoms with van der Waals surface area (Å²) in [6.07, 6.45) is 1.80. The molecule has 0 aliphatic rings. The summed E-state index contributed by atoms with van der Waals surface area (Å²) in [6.45, 7) is 3.90. The Hall–Kier alpha value is -2.47. The molecule has 6 heteroatoms. The number of aromatic nitrogens is 3. The van der Waals surface area contributed by atoms with Crippen LogP contribution in [0.5, 0.6) is 0 Å². The number of aryl methyl sites for hydroxylation is 2. The van der Waals surface area contributed by atoms with Gasteiger partial charge >= 0.3 is 0 Å². The quantitative estimate of drug-likeness (QED) is 0.800. The highest BCUT2D eigenvalue weighted by Gasteiger charge is 2.17. The summed E-state index contributed by atoms with van der Waals surface area (Å²) in [4.78, 5) is 17.9. The molecule has 0 fully saturated rings. The zero-order valence-corrected chi connectivity index (χ0v) is 14.1. The summed E-state index contributed by atoms with van der Waals surface area (Å²) in [6, 6.07) is 9.56. The molecule has 118 valence electrons. The molecule has 1 atom stereocenters. The monoisotopic (exact) mass is 326 g/mol. The van der Waals surface area contributed by atoms with Crippen molar-refractivity contribution in [1.29, 1.82) is 0 Å². The lowest BCUT2D eigenvalue weighted by molar-refractivity contribution is 0.0933. The minimum atomic E-state index is -0.196. The molecule has 0 saturated carbocycles. The lowest BCUT2D eigenvalue weighted by atomic mass is 10.2. The molecule has 0 saturated heterocycles. The third kappa shape index (κ3) is 3.32. The van der Waals surface area contributed by atoms with Crippen molar-refractivity contribution in [1.82, 2.24) is 20.1 Å². The van der Waals surface area contributed by atoms with E-state index in [0.29, 0.717) is 5.69 Å². The van der Waals surface area contributed by atoms with E-state index in [2.05, 4.69) is 15.4 Å². The van der Waals surface area contributed by atoms with Gasteiger partial charge in [-0.25, -0.2) is 0 Å². The third-order valence-electron chi connectivity index (χ3n) is 3.61. The minimum absolute atomic E-state index is 0.171. The van der Waals surface area contributed by atoms with Gasteiger partial charge in [0.1, 0.15) is 0 Å². The second-order valence-electron chi connectivity index (χ2n) is 5.47. The highest BCUT2D eigenvalue weighted by molar-refractivity contribution is 7.13. The van der Waals surface area contributed by atoms with Gasteiger partial charge in [-0.15, -0.1) is 11.3 Å². The minimum Gasteiger partial charge on any atom is -0.343 e. The van der Waals surface area contributed by atoms with Crippen LogP contribution in [0.25, 0.3) is 10.6 Å². The maximum absolute atomic E-state index is 12.4. The molecule has 0 aliphatic carbocycles. The topological polar surface area (TPSA) is 59.8 Å². The normalized spacial score (nSPS) is 12.1. The predicted molar refractivity (Wildman–Crippen MR) is 91.4 cm³/mol. The summed E-state index contributed by atoms with van der Waals surface area (Å²) in [5, 5.41) is 9.27. The number of thiophene rings is 1. The largest absolute Gasteiger partial charge is 0.343 e. The predicted octanol–water partition coefficient (Wildman–Crippen LogP) is 3.34. The molecule has 3 aromatic heterocycles. The van der Waals surface area contributed by atoms with Crippen LogP contribution < -0.4 is 5.32 Å². The first-order chi connectivity index (χ1) is 11.0. The van der Waals surface area contributed by atoms with Gasteiger partial charge in [0.05, 0.1) is 22.3 Å². The van der Waals surface area contributed by atoms with Crippen LogP contribution in [0.15, 0.2) is 41.9 Å². The first kappa shape index (κ1) is 15.4. The van der Waals surface area contributed by atoms with Crippen LogP contribution in [0.3, 0.4) is 0 Å². The van der Waals surface area contributed by atoms with Crippen molar-refractivity contribution in [2.24, 2.45) is 7.05 Å². The van der Waals surface area contributed by atoms with Gasteiger partial charge in [0, 0.05) is 13.2 Å². The van der Waals surface area contributed by atoms with Crippen molar-refractivity contribution >= 4 is 17.2 Å². The van der Waals surface area contributed by atoms with Crippen molar-refractivity contribution in [2.45, 2.75) is 19.9 Å². The molecule has 0 spiro atoms. The van der Waals surface area contributed by atoms with Gasteiger partial charge in [0.25, 0.3) is 5.91 Å². The Morgan fingerprint density at radius 2 is 2.17 bits per heavy atom. The van der Waals surface area contributed by atoms with Crippen LogP contribution >= 0.6 is 11.3 Å². The van der Waals surface area contributed by atoms with Crippen LogP contribution in [0, 0.1) is 6.92 Å². The van der Waals surface area contributed by atoms with Crippen molar-refractivity contribution in [3.8, 4) is 10.6 Å². The Morgan fingerprint density at radius 3 is 2.83 bits per heavy atom. The molecule has 0 unspecified atom stereocenters. The summed E-state index contributed by atoms with van der Waals surface area (Å²) in [7, 11) is 1.84. The van der Waals surface area contributed by atoms with E-state index in [1.54, 1.807) is 22.2 Å². The molecule has 3 rings (SSSR count). The summed E-state index contributed by atoms with van der Waals surface area (Å²) in [5.74, 6) is -0.196. The standard InChI is InChI=1S/C17H18N4OS/c1-11-6-7-13(18-10-11)12(2)19-17(22)14-9-15(21(3)20-14)16-5-4-8-23-16/h4-10,12H,1-3H3,(H,19,22)/t12-/m0/s1. The van der Waals surface area contributed by atoms with Crippen LogP contribution in [0.1, 0.15) is 34.7 Å². The Labute approximate surface area is 139 Å². The molecule has 0 aromatic carbocycles. The number of amides is 1. The fraction of sp³-hybridized carbons (Fsp3) is 0.235. The van der Waals surface area contributed by atoms with E-state index >= 15 is 0 Å². The highest BCUT2D eigenvalue weighted by atomic mass is 32.1. The number of carbonyl (C=O) groups excluding carboxylic acids is 1. The van der Waals surface area contributed by atoms with Crippen LogP contribution in [0.2, 0.25) is 0 Å². The number of hydrogen-bond acceptors (Lipinski definition) is 4. The maximum atomic E-state index is 12.4. The number of nitrogens with zero attached hydrogens (tertiary/aromatic N) is 3. The van der Waals surface area contributed by atoms with E-state index in [-0.39, 0.29) is 11.9 Å². The third-order valence-corrected chi connectivity index (χ3v) is 4.50. The van der Waals surface area contributed by atoms with Gasteiger partial charge in [0.15, 0.2) is 5.69 Å². The van der Waals surface area contributed by atoms with E-state index in [1.807, 2.05) is 56.6 Å². The lowest BCUT2D eigenvalue weighted by Crippen LogP contribution is -2.27. The van der Waals surface area contributed by atoms with Gasteiger partial charge in [0.2, 0.25) is 0 Å². The lowest BCUT2D eigenvalue weighted by Gasteiger charge is -2.12. The fourth-order valence-corrected chi connectivity index (χ4v) is 3.09. The van der Waals surface area contributed by atoms with E-state index in [4.69, 9.17) is 0 Å². The van der Waals surface area contributed by atoms with Gasteiger partial charge in [-0.3, -0.25) is 14.5 Å². The Bertz CT molecular complexity index is 806. The molecule has 1 amide bonds. The van der Waals surface area contributed by atoms with E-state index in [9.17, 15) is 4.79 Å². The summed E-state index contributed by atoms with van der Waals surface area (Å²) in [5.41, 5.74) is 3.28. The summed E-state index contributed by atoms with van der Waals surface area (Å²) < 4.78 is 1.73. The zero-order chi connectivity index (χ0) is 16.4. The molecular formula is C17H18N4OS. The van der Waals surface area contributed by atoms with Crippen molar-refractivity contribution in [3.63, 3.8) is 0 Å². The number of nitrogens with one attached hydrogen (secondary N) is 1. The van der Waals surface area contributed by atoms with E-state index in [1.165, 1.54) is 0 Å². The van der Waals surface area contributed by atoms with Gasteiger partial charge in [-0.2, -0.15) is 5.10 Å². The smallest absolute Gasteiger partial charge is 0.272 e. The van der Waals surface area contributed by atoms with Gasteiger partial charge in [-0.05, 0) is 43.0 Å². The van der Waals surface area contributed by atoms with Crippen LogP contribution in [0.4, 0.5) is 0 Å². The van der Waals surface area contributed by atoms with Crippen molar-refractivity contribution < 1.29 is 4.79 Å². The van der Waals surface area contributed by atoms with E-state index in [0.717, 1.165) is 21.8 Å². The highest BCUT2D eigenvalue weighted by Crippen LogP contribution is 2.25. The van der Waals surface area contributed by atoms with Crippen LogP contribution in [-0.2, 0) is 7.05 Å². The zero-order valence-electron chi connectivity index (χ0n) is 13.3. The number of pyridine rings is 1. The molecule has 0 bridgehead atoms. The first-order valence-corrected chi connectivity index (χ1v) is 8.24. The van der Waals surface area contributed by atoms with Gasteiger partial charge in [-0.1, -0.05) is 12.1 Å². The fourth-order valence-electron chi connectivity index (χ4n) is 2.31. The maximum Gasteiger partial charge on any atom is 0.272 e. The Balaban J connectivity index is 1.76. The Kier molecular flexibility index (Phi) is 4.25. The van der Waals surface area contributed by atoms with Gasteiger partial charge < -0.3 is 5.32 Å². The molecule has 3 aromatic rings. The molecule has 1 N–H and O–H groups in total. The number of rotatable bonds is 4. The van der Waals surface area contributed by atoms with Crippen molar-refractivity contribution in [2.75, 3.05) is 0 Å². The number of carbonyl (C=O) groups is 1. The van der Waals surface area contributed by atoms with Crippen molar-refractivity contribution in [3.05, 3.63) is 58.9 Å². The van der Waals surface area contributed by atoms with E-state index < -0.39 is 0 Å². The second-order valence-corrected chi connectivity index (χ2v) is 6.42. The summed E-state index contributed by atoms with van der Waals surface area (Å²) >= 11 is 1.62. The molecular weight excluding hydrogens is 308 g/mol. The first-order valence-electron chi connectivity index (χ1n) is 7.36. The average Bonchev–Trinajstić information content (AvgIpc) is 3.16. The molecule has 0 radical (unpaired) electrons. The number of hydrogen-bond donors (Lipinski definition) is 1. The SMILES string of the molecule is Cc1ccc([C@H](C)NC(=O)c2cc(-c3cccs3)n(C)n2)nc1. The molecule has 5 nitrogen and oxygen atoms in total.